The van der Waals surface area contributed by atoms with Crippen LogP contribution in [0.2, 0.25) is 0 Å². The van der Waals surface area contributed by atoms with E-state index in [0.717, 1.165) is 5.56 Å². The van der Waals surface area contributed by atoms with Crippen LogP contribution in [0.5, 0.6) is 0 Å². The van der Waals surface area contributed by atoms with Crippen molar-refractivity contribution in [1.29, 1.82) is 0 Å². The van der Waals surface area contributed by atoms with Crippen molar-refractivity contribution in [2.24, 2.45) is 0 Å². The first-order valence-corrected chi connectivity index (χ1v) is 7.83. The Morgan fingerprint density at radius 3 is 2.38 bits per heavy atom. The predicted octanol–water partition coefficient (Wildman–Crippen LogP) is 2.17. The van der Waals surface area contributed by atoms with E-state index in [2.05, 4.69) is 20.3 Å². The van der Waals surface area contributed by atoms with Gasteiger partial charge in [-0.25, -0.2) is 4.79 Å². The van der Waals surface area contributed by atoms with Gasteiger partial charge in [-0.15, -0.1) is 0 Å². The Balaban J connectivity index is 2.27. The van der Waals surface area contributed by atoms with Gasteiger partial charge in [0, 0.05) is 26.4 Å². The quantitative estimate of drug-likeness (QED) is 0.804. The Hall–Kier alpha value is -2.70. The summed E-state index contributed by atoms with van der Waals surface area (Å²) in [4.78, 5) is 26.4. The second-order valence-corrected chi connectivity index (χ2v) is 6.09. The third-order valence-electron chi connectivity index (χ3n) is 3.44. The molecule has 2 rings (SSSR count). The number of nitrogens with zero attached hydrogens (tertiary/aromatic N) is 4. The molecule has 0 aliphatic carbocycles. The lowest BCUT2D eigenvalue weighted by Crippen LogP contribution is -2.33. The molecule has 2 N–H and O–H groups in total. The average molecular weight is 329 g/mol. The Labute approximate surface area is 141 Å². The van der Waals surface area contributed by atoms with Crippen LogP contribution in [0, 0.1) is 0 Å². The minimum atomic E-state index is -0.947. The minimum absolute atomic E-state index is 0.115. The number of hydrogen-bond donors (Lipinski definition) is 2. The van der Waals surface area contributed by atoms with Crippen LogP contribution in [0.4, 0.5) is 11.9 Å². The Kier molecular flexibility index (Phi) is 5.68. The molecule has 7 heteroatoms. The first-order valence-electron chi connectivity index (χ1n) is 7.83. The maximum atomic E-state index is 11.6. The summed E-state index contributed by atoms with van der Waals surface area (Å²) in [5.74, 6) is 0.572. The number of carboxylic acid groups (broad SMARTS) is 1. The van der Waals surface area contributed by atoms with Gasteiger partial charge in [-0.05, 0) is 5.56 Å². The molecule has 1 atom stereocenters. The molecule has 1 heterocycles. The van der Waals surface area contributed by atoms with Crippen molar-refractivity contribution in [1.82, 2.24) is 15.0 Å². The molecule has 0 radical (unpaired) electrons. The summed E-state index contributed by atoms with van der Waals surface area (Å²) in [6.07, 6.45) is 0.343. The van der Waals surface area contributed by atoms with Crippen molar-refractivity contribution in [2.45, 2.75) is 32.2 Å². The number of anilines is 2. The first-order chi connectivity index (χ1) is 11.4. The average Bonchev–Trinajstić information content (AvgIpc) is 2.54. The summed E-state index contributed by atoms with van der Waals surface area (Å²) in [6.45, 7) is 3.97. The zero-order chi connectivity index (χ0) is 17.7. The van der Waals surface area contributed by atoms with Gasteiger partial charge in [-0.1, -0.05) is 44.2 Å². The van der Waals surface area contributed by atoms with Crippen molar-refractivity contribution in [3.63, 3.8) is 0 Å². The molecule has 0 fully saturated rings. The van der Waals surface area contributed by atoms with Gasteiger partial charge in [-0.2, -0.15) is 15.0 Å². The number of carboxylic acids is 1. The third-order valence-corrected chi connectivity index (χ3v) is 3.44. The molecule has 0 amide bonds. The number of carbonyl (C=O) groups is 1. The van der Waals surface area contributed by atoms with Gasteiger partial charge in [0.05, 0.1) is 0 Å². The van der Waals surface area contributed by atoms with Gasteiger partial charge in [-0.3, -0.25) is 0 Å². The van der Waals surface area contributed by atoms with Crippen molar-refractivity contribution < 1.29 is 9.90 Å². The van der Waals surface area contributed by atoms with Crippen LogP contribution in [0.1, 0.15) is 31.2 Å². The van der Waals surface area contributed by atoms with Gasteiger partial charge in [0.15, 0.2) is 0 Å². The standard InChI is InChI=1S/C17H23N5O2/c1-11(2)14-19-16(21-17(20-14)22(3)4)18-13(15(23)24)10-12-8-6-5-7-9-12/h5-9,11,13H,10H2,1-4H3,(H,23,24)(H,18,19,20,21)/t13-/m0/s1. The largest absolute Gasteiger partial charge is 0.480 e. The molecule has 0 aliphatic rings. The fourth-order valence-corrected chi connectivity index (χ4v) is 2.11. The molecule has 24 heavy (non-hydrogen) atoms. The normalized spacial score (nSPS) is 12.0. The minimum Gasteiger partial charge on any atom is -0.480 e. The van der Waals surface area contributed by atoms with Crippen LogP contribution < -0.4 is 10.2 Å². The van der Waals surface area contributed by atoms with E-state index in [1.807, 2.05) is 58.3 Å². The molecule has 0 unspecified atom stereocenters. The van der Waals surface area contributed by atoms with Crippen LogP contribution >= 0.6 is 0 Å². The maximum absolute atomic E-state index is 11.6. The zero-order valence-corrected chi connectivity index (χ0v) is 14.4. The molecule has 1 aromatic heterocycles. The molecule has 7 nitrogen and oxygen atoms in total. The van der Waals surface area contributed by atoms with E-state index < -0.39 is 12.0 Å². The number of rotatable bonds is 7. The smallest absolute Gasteiger partial charge is 0.326 e. The van der Waals surface area contributed by atoms with E-state index >= 15 is 0 Å². The van der Waals surface area contributed by atoms with Gasteiger partial charge in [0.2, 0.25) is 11.9 Å². The number of benzene rings is 1. The fourth-order valence-electron chi connectivity index (χ4n) is 2.11. The summed E-state index contributed by atoms with van der Waals surface area (Å²) >= 11 is 0. The summed E-state index contributed by atoms with van der Waals surface area (Å²) in [7, 11) is 3.67. The van der Waals surface area contributed by atoms with Crippen LogP contribution in [0.25, 0.3) is 0 Å². The van der Waals surface area contributed by atoms with Gasteiger partial charge >= 0.3 is 5.97 Å². The van der Waals surface area contributed by atoms with Crippen molar-refractivity contribution in [3.8, 4) is 0 Å². The summed E-state index contributed by atoms with van der Waals surface area (Å²) in [6, 6.07) is 8.66. The highest BCUT2D eigenvalue weighted by Crippen LogP contribution is 2.16. The van der Waals surface area contributed by atoms with E-state index in [1.54, 1.807) is 4.90 Å². The lowest BCUT2D eigenvalue weighted by Gasteiger charge is -2.18. The maximum Gasteiger partial charge on any atom is 0.326 e. The summed E-state index contributed by atoms with van der Waals surface area (Å²) in [5, 5.41) is 12.4. The zero-order valence-electron chi connectivity index (χ0n) is 14.4. The Bertz CT molecular complexity index is 662. The van der Waals surface area contributed by atoms with Crippen molar-refractivity contribution in [3.05, 3.63) is 41.7 Å². The molecule has 0 bridgehead atoms. The highest BCUT2D eigenvalue weighted by molar-refractivity contribution is 5.77. The monoisotopic (exact) mass is 329 g/mol. The molecule has 0 spiro atoms. The third kappa shape index (κ3) is 4.65. The van der Waals surface area contributed by atoms with E-state index in [4.69, 9.17) is 0 Å². The molecular weight excluding hydrogens is 306 g/mol. The SMILES string of the molecule is CC(C)c1nc(N[C@@H](Cc2ccccc2)C(=O)O)nc(N(C)C)n1. The van der Waals surface area contributed by atoms with Crippen LogP contribution in [-0.2, 0) is 11.2 Å². The molecule has 0 saturated carbocycles. The van der Waals surface area contributed by atoms with Crippen LogP contribution in [0.15, 0.2) is 30.3 Å². The second-order valence-electron chi connectivity index (χ2n) is 6.09. The number of nitrogens with one attached hydrogen (secondary N) is 1. The molecule has 128 valence electrons. The molecule has 0 aliphatic heterocycles. The first kappa shape index (κ1) is 17.7. The van der Waals surface area contributed by atoms with Gasteiger partial charge in [0.25, 0.3) is 0 Å². The lowest BCUT2D eigenvalue weighted by molar-refractivity contribution is -0.137. The number of aliphatic carboxylic acids is 1. The highest BCUT2D eigenvalue weighted by atomic mass is 16.4. The number of aromatic nitrogens is 3. The van der Waals surface area contributed by atoms with E-state index in [1.165, 1.54) is 0 Å². The second kappa shape index (κ2) is 7.72. The van der Waals surface area contributed by atoms with Crippen molar-refractivity contribution >= 4 is 17.9 Å². The topological polar surface area (TPSA) is 91.2 Å². The van der Waals surface area contributed by atoms with E-state index in [0.29, 0.717) is 18.2 Å². The summed E-state index contributed by atoms with van der Waals surface area (Å²) < 4.78 is 0. The molecular formula is C17H23N5O2. The molecule has 1 aromatic carbocycles. The lowest BCUT2D eigenvalue weighted by atomic mass is 10.1. The highest BCUT2D eigenvalue weighted by Gasteiger charge is 2.20. The van der Waals surface area contributed by atoms with Crippen LogP contribution in [0.3, 0.4) is 0 Å². The molecule has 0 saturated heterocycles. The molecule has 2 aromatic rings. The van der Waals surface area contributed by atoms with Gasteiger partial charge < -0.3 is 15.3 Å². The Morgan fingerprint density at radius 2 is 1.83 bits per heavy atom. The van der Waals surface area contributed by atoms with Gasteiger partial charge in [0.1, 0.15) is 11.9 Å². The van der Waals surface area contributed by atoms with E-state index in [-0.39, 0.29) is 11.9 Å². The van der Waals surface area contributed by atoms with Crippen molar-refractivity contribution in [2.75, 3.05) is 24.3 Å². The Morgan fingerprint density at radius 1 is 1.17 bits per heavy atom. The van der Waals surface area contributed by atoms with Crippen LogP contribution in [-0.4, -0.2) is 46.2 Å². The number of hydrogen-bond acceptors (Lipinski definition) is 6. The van der Waals surface area contributed by atoms with E-state index in [9.17, 15) is 9.90 Å². The fraction of sp³-hybridized carbons (Fsp3) is 0.412. The predicted molar refractivity (Wildman–Crippen MR) is 93.4 cm³/mol. The summed E-state index contributed by atoms with van der Waals surface area (Å²) in [5.41, 5.74) is 0.934.